The van der Waals surface area contributed by atoms with Crippen LogP contribution in [0, 0.1) is 0 Å². The fraction of sp³-hybridized carbons (Fsp3) is 0.231. The summed E-state index contributed by atoms with van der Waals surface area (Å²) in [5.41, 5.74) is 4.15. The first-order valence-corrected chi connectivity index (χ1v) is 11.9. The van der Waals surface area contributed by atoms with Crippen LogP contribution in [0.2, 0.25) is 0 Å². The highest BCUT2D eigenvalue weighted by Gasteiger charge is 2.37. The molecule has 3 aromatic rings. The quantitative estimate of drug-likeness (QED) is 0.434. The molecule has 0 saturated carbocycles. The van der Waals surface area contributed by atoms with Gasteiger partial charge in [0.05, 0.1) is 22.5 Å². The maximum atomic E-state index is 13.1. The number of ketones is 1. The van der Waals surface area contributed by atoms with Gasteiger partial charge in [-0.1, -0.05) is 35.6 Å². The topological polar surface area (TPSA) is 47.7 Å². The molecule has 1 N–H and O–H groups in total. The Kier molecular flexibility index (Phi) is 5.10. The van der Waals surface area contributed by atoms with Crippen molar-refractivity contribution in [2.45, 2.75) is 27.3 Å². The highest BCUT2D eigenvalue weighted by atomic mass is 32.1. The molecule has 5 nitrogen and oxygen atoms in total. The number of Topliss-reactive ketones (excluding diaryl/α,β-unsaturated/α-hetero) is 1. The van der Waals surface area contributed by atoms with Crippen LogP contribution in [0.3, 0.4) is 0 Å². The van der Waals surface area contributed by atoms with Gasteiger partial charge in [-0.15, -0.1) is 0 Å². The van der Waals surface area contributed by atoms with Crippen molar-refractivity contribution >= 4 is 44.8 Å². The lowest BCUT2D eigenvalue weighted by atomic mass is 9.87. The first-order chi connectivity index (χ1) is 15.6. The minimum absolute atomic E-state index is 0.0747. The van der Waals surface area contributed by atoms with Gasteiger partial charge < -0.3 is 14.9 Å². The summed E-state index contributed by atoms with van der Waals surface area (Å²) in [6.45, 7) is 8.64. The van der Waals surface area contributed by atoms with Gasteiger partial charge in [0.1, 0.15) is 22.8 Å². The number of para-hydroxylation sites is 3. The maximum Gasteiger partial charge on any atom is 0.263 e. The molecule has 0 spiro atoms. The largest absolute Gasteiger partial charge is 0.506 e. The molecule has 2 aromatic carbocycles. The standard InChI is InChI=1S/C26H25N3O2S/c1-4-27-19-11-7-8-12-20(19)28(5-2)23(27)15-17-25(30)18(26(17)31)16-24-29(6-3)21-13-9-10-14-22(21)32-24/h7-16H,4-6H2,1-3H3/p+1. The lowest BCUT2D eigenvalue weighted by Gasteiger charge is -2.26. The molecule has 2 aliphatic rings. The van der Waals surface area contributed by atoms with Crippen molar-refractivity contribution in [2.75, 3.05) is 22.9 Å². The molecule has 0 bridgehead atoms. The Labute approximate surface area is 191 Å². The highest BCUT2D eigenvalue weighted by Crippen LogP contribution is 2.43. The fourth-order valence-electron chi connectivity index (χ4n) is 4.58. The number of rotatable bonds is 5. The van der Waals surface area contributed by atoms with Crippen molar-refractivity contribution in [2.24, 2.45) is 0 Å². The van der Waals surface area contributed by atoms with Gasteiger partial charge in [-0.25, -0.2) is 0 Å². The molecule has 1 aliphatic heterocycles. The van der Waals surface area contributed by atoms with Crippen LogP contribution in [0.15, 0.2) is 77.3 Å². The summed E-state index contributed by atoms with van der Waals surface area (Å²) in [6.07, 6.45) is 3.66. The van der Waals surface area contributed by atoms with E-state index < -0.39 is 0 Å². The van der Waals surface area contributed by atoms with Crippen LogP contribution in [0.5, 0.6) is 0 Å². The summed E-state index contributed by atoms with van der Waals surface area (Å²) in [7, 11) is 0. The first-order valence-electron chi connectivity index (χ1n) is 11.1. The predicted molar refractivity (Wildman–Crippen MR) is 131 cm³/mol. The Balaban J connectivity index is 1.55. The Hall–Kier alpha value is -3.38. The second kappa shape index (κ2) is 7.95. The van der Waals surface area contributed by atoms with Gasteiger partial charge in [-0.2, -0.15) is 4.57 Å². The molecule has 1 aliphatic carbocycles. The van der Waals surface area contributed by atoms with E-state index in [1.807, 2.05) is 36.4 Å². The second-order valence-electron chi connectivity index (χ2n) is 7.78. The van der Waals surface area contributed by atoms with Crippen LogP contribution in [-0.2, 0) is 11.3 Å². The van der Waals surface area contributed by atoms with E-state index in [2.05, 4.69) is 59.4 Å². The third-order valence-corrected chi connectivity index (χ3v) is 7.25. The molecule has 5 rings (SSSR count). The zero-order chi connectivity index (χ0) is 22.4. The summed E-state index contributed by atoms with van der Waals surface area (Å²) < 4.78 is 3.34. The summed E-state index contributed by atoms with van der Waals surface area (Å²) >= 11 is 1.63. The zero-order valence-electron chi connectivity index (χ0n) is 18.5. The normalized spacial score (nSPS) is 16.9. The molecular formula is C26H26N3O2S+. The number of carbonyl (C=O) groups is 1. The predicted octanol–water partition coefficient (Wildman–Crippen LogP) is 5.19. The summed E-state index contributed by atoms with van der Waals surface area (Å²) in [5, 5.41) is 11.8. The molecule has 6 heteroatoms. The molecule has 0 amide bonds. The van der Waals surface area contributed by atoms with E-state index in [1.165, 1.54) is 4.70 Å². The van der Waals surface area contributed by atoms with E-state index in [-0.39, 0.29) is 11.5 Å². The summed E-state index contributed by atoms with van der Waals surface area (Å²) in [5.74, 6) is 0.888. The molecule has 0 unspecified atom stereocenters. The molecule has 0 atom stereocenters. The smallest absolute Gasteiger partial charge is 0.263 e. The van der Waals surface area contributed by atoms with Crippen molar-refractivity contribution in [3.8, 4) is 0 Å². The Morgan fingerprint density at radius 2 is 1.56 bits per heavy atom. The number of nitrogens with zero attached hydrogens (tertiary/aromatic N) is 3. The van der Waals surface area contributed by atoms with Crippen molar-refractivity contribution in [3.63, 3.8) is 0 Å². The number of aliphatic hydroxyl groups excluding tert-OH is 1. The summed E-state index contributed by atoms with van der Waals surface area (Å²) in [6, 6.07) is 16.4. The molecule has 0 fully saturated rings. The van der Waals surface area contributed by atoms with E-state index in [4.69, 9.17) is 0 Å². The lowest BCUT2D eigenvalue weighted by Crippen LogP contribution is -2.34. The van der Waals surface area contributed by atoms with Gasteiger partial charge in [0.15, 0.2) is 0 Å². The molecule has 0 radical (unpaired) electrons. The molecule has 0 saturated heterocycles. The minimum atomic E-state index is -0.113. The van der Waals surface area contributed by atoms with Crippen LogP contribution < -0.4 is 14.4 Å². The van der Waals surface area contributed by atoms with Crippen LogP contribution in [0.4, 0.5) is 11.4 Å². The molecule has 2 heterocycles. The second-order valence-corrected chi connectivity index (χ2v) is 8.84. The number of carbonyl (C=O) groups excluding carboxylic acids is 1. The van der Waals surface area contributed by atoms with Crippen molar-refractivity contribution in [1.29, 1.82) is 0 Å². The number of aryl methyl sites for hydroxylation is 1. The molecule has 162 valence electrons. The van der Waals surface area contributed by atoms with E-state index in [9.17, 15) is 9.90 Å². The van der Waals surface area contributed by atoms with Gasteiger partial charge in [-0.05, 0) is 45.0 Å². The fourth-order valence-corrected chi connectivity index (χ4v) is 5.75. The third-order valence-electron chi connectivity index (χ3n) is 6.14. The average Bonchev–Trinajstić information content (AvgIpc) is 3.34. The van der Waals surface area contributed by atoms with Gasteiger partial charge in [-0.3, -0.25) is 4.79 Å². The number of aliphatic hydroxyl groups is 1. The van der Waals surface area contributed by atoms with Gasteiger partial charge in [0, 0.05) is 25.2 Å². The average molecular weight is 445 g/mol. The monoisotopic (exact) mass is 444 g/mol. The highest BCUT2D eigenvalue weighted by molar-refractivity contribution is 7.18. The maximum absolute atomic E-state index is 13.1. The van der Waals surface area contributed by atoms with Crippen LogP contribution in [0.1, 0.15) is 25.8 Å². The number of aromatic nitrogens is 1. The van der Waals surface area contributed by atoms with Gasteiger partial charge >= 0.3 is 0 Å². The number of anilines is 2. The van der Waals surface area contributed by atoms with Crippen LogP contribution in [-0.4, -0.2) is 24.0 Å². The molecule has 1 aromatic heterocycles. The van der Waals surface area contributed by atoms with E-state index >= 15 is 0 Å². The molecular weight excluding hydrogens is 418 g/mol. The number of benzene rings is 2. The van der Waals surface area contributed by atoms with E-state index in [0.29, 0.717) is 11.1 Å². The van der Waals surface area contributed by atoms with Crippen LogP contribution >= 0.6 is 11.3 Å². The van der Waals surface area contributed by atoms with Crippen molar-refractivity contribution < 1.29 is 14.5 Å². The lowest BCUT2D eigenvalue weighted by molar-refractivity contribution is -0.665. The van der Waals surface area contributed by atoms with E-state index in [1.54, 1.807) is 11.3 Å². The van der Waals surface area contributed by atoms with Crippen molar-refractivity contribution in [1.82, 2.24) is 0 Å². The SMILES string of the molecule is CCN1C(=CC2=C(O)C(=Cc3sc4ccccc4[n+]3CC)C2=O)N(CC)c2ccccc21. The van der Waals surface area contributed by atoms with Gasteiger partial charge in [0.2, 0.25) is 11.3 Å². The Morgan fingerprint density at radius 3 is 2.16 bits per heavy atom. The molecule has 32 heavy (non-hydrogen) atoms. The van der Waals surface area contributed by atoms with Gasteiger partial charge in [0.25, 0.3) is 5.01 Å². The number of fused-ring (bicyclic) bond motifs is 2. The first kappa shape index (κ1) is 20.5. The Morgan fingerprint density at radius 1 is 0.938 bits per heavy atom. The Bertz CT molecular complexity index is 1300. The van der Waals surface area contributed by atoms with E-state index in [0.717, 1.165) is 47.4 Å². The number of hydrogen-bond acceptors (Lipinski definition) is 5. The zero-order valence-corrected chi connectivity index (χ0v) is 19.3. The summed E-state index contributed by atoms with van der Waals surface area (Å²) in [4.78, 5) is 17.4. The van der Waals surface area contributed by atoms with Crippen molar-refractivity contribution in [3.05, 3.63) is 82.3 Å². The number of thiazole rings is 1. The number of allylic oxidation sites excluding steroid dienone is 3. The van der Waals surface area contributed by atoms with Crippen LogP contribution in [0.25, 0.3) is 16.3 Å². The minimum Gasteiger partial charge on any atom is -0.506 e. The third kappa shape index (κ3) is 2.98. The number of hydrogen-bond donors (Lipinski definition) is 1.